The standard InChI is InChI=1S/C19H15N3O3S/c1-11-20-14-8-7-12(9-17(14)25-11)21-18(23)15-10-26-19(22-15)13-5-3-4-6-16(13)24-2/h3-10H,1-2H3,(H,21,23). The van der Waals surface area contributed by atoms with Crippen molar-refractivity contribution in [3.05, 3.63) is 59.4 Å². The second-order valence-corrected chi connectivity index (χ2v) is 6.47. The van der Waals surface area contributed by atoms with Gasteiger partial charge in [-0.2, -0.15) is 0 Å². The zero-order chi connectivity index (χ0) is 18.1. The Kier molecular flexibility index (Phi) is 4.14. The minimum atomic E-state index is -0.280. The Bertz CT molecular complexity index is 1100. The van der Waals surface area contributed by atoms with E-state index >= 15 is 0 Å². The molecule has 0 saturated carbocycles. The van der Waals surface area contributed by atoms with Crippen LogP contribution in [0.5, 0.6) is 5.75 Å². The Balaban J connectivity index is 1.57. The van der Waals surface area contributed by atoms with Gasteiger partial charge in [0.15, 0.2) is 11.5 Å². The van der Waals surface area contributed by atoms with E-state index in [0.717, 1.165) is 21.8 Å². The number of rotatable bonds is 4. The van der Waals surface area contributed by atoms with Crippen molar-refractivity contribution in [3.8, 4) is 16.3 Å². The zero-order valence-corrected chi connectivity index (χ0v) is 15.0. The van der Waals surface area contributed by atoms with Crippen LogP contribution in [0.25, 0.3) is 21.7 Å². The van der Waals surface area contributed by atoms with Crippen molar-refractivity contribution in [2.45, 2.75) is 6.92 Å². The number of ether oxygens (including phenoxy) is 1. The number of methoxy groups -OCH3 is 1. The molecule has 1 amide bonds. The van der Waals surface area contributed by atoms with E-state index in [1.54, 1.807) is 31.5 Å². The predicted octanol–water partition coefficient (Wildman–Crippen LogP) is 4.52. The van der Waals surface area contributed by atoms with Crippen LogP contribution in [-0.2, 0) is 0 Å². The molecule has 0 unspecified atom stereocenters. The number of aromatic nitrogens is 2. The first-order valence-corrected chi connectivity index (χ1v) is 8.79. The van der Waals surface area contributed by atoms with Crippen LogP contribution in [0.4, 0.5) is 5.69 Å². The molecule has 4 aromatic rings. The largest absolute Gasteiger partial charge is 0.496 e. The average Bonchev–Trinajstić information content (AvgIpc) is 3.27. The van der Waals surface area contributed by atoms with E-state index < -0.39 is 0 Å². The number of oxazole rings is 1. The molecule has 26 heavy (non-hydrogen) atoms. The van der Waals surface area contributed by atoms with Gasteiger partial charge in [0, 0.05) is 24.1 Å². The number of fused-ring (bicyclic) bond motifs is 1. The number of anilines is 1. The number of para-hydroxylation sites is 1. The highest BCUT2D eigenvalue weighted by Gasteiger charge is 2.15. The lowest BCUT2D eigenvalue weighted by molar-refractivity contribution is 0.102. The van der Waals surface area contributed by atoms with Gasteiger partial charge in [-0.25, -0.2) is 9.97 Å². The summed E-state index contributed by atoms with van der Waals surface area (Å²) in [5, 5.41) is 5.30. The number of thiazole rings is 1. The first-order chi connectivity index (χ1) is 12.6. The predicted molar refractivity (Wildman–Crippen MR) is 101 cm³/mol. The van der Waals surface area contributed by atoms with Gasteiger partial charge in [-0.1, -0.05) is 12.1 Å². The Labute approximate surface area is 153 Å². The lowest BCUT2D eigenvalue weighted by Gasteiger charge is -2.05. The van der Waals surface area contributed by atoms with Crippen LogP contribution < -0.4 is 10.1 Å². The van der Waals surface area contributed by atoms with E-state index in [0.29, 0.717) is 22.9 Å². The van der Waals surface area contributed by atoms with E-state index in [1.807, 2.05) is 30.3 Å². The molecular formula is C19H15N3O3S. The van der Waals surface area contributed by atoms with Crippen LogP contribution in [-0.4, -0.2) is 23.0 Å². The first kappa shape index (κ1) is 16.3. The van der Waals surface area contributed by atoms with Gasteiger partial charge in [0.1, 0.15) is 22.0 Å². The monoisotopic (exact) mass is 365 g/mol. The second kappa shape index (κ2) is 6.61. The van der Waals surface area contributed by atoms with Gasteiger partial charge in [-0.15, -0.1) is 11.3 Å². The highest BCUT2D eigenvalue weighted by atomic mass is 32.1. The number of nitrogens with one attached hydrogen (secondary N) is 1. The number of hydrogen-bond donors (Lipinski definition) is 1. The molecule has 0 fully saturated rings. The third kappa shape index (κ3) is 3.04. The third-order valence-corrected chi connectivity index (χ3v) is 4.70. The maximum atomic E-state index is 12.5. The highest BCUT2D eigenvalue weighted by Crippen LogP contribution is 2.32. The third-order valence-electron chi connectivity index (χ3n) is 3.83. The summed E-state index contributed by atoms with van der Waals surface area (Å²) in [4.78, 5) is 21.2. The Morgan fingerprint density at radius 3 is 2.88 bits per heavy atom. The van der Waals surface area contributed by atoms with Gasteiger partial charge in [0.05, 0.1) is 12.7 Å². The lowest BCUT2D eigenvalue weighted by Crippen LogP contribution is -2.12. The SMILES string of the molecule is COc1ccccc1-c1nc(C(=O)Nc2ccc3nc(C)oc3c2)cs1. The summed E-state index contributed by atoms with van der Waals surface area (Å²) in [6.07, 6.45) is 0. The maximum Gasteiger partial charge on any atom is 0.275 e. The number of amides is 1. The number of nitrogens with zero attached hydrogens (tertiary/aromatic N) is 2. The van der Waals surface area contributed by atoms with Gasteiger partial charge in [0.25, 0.3) is 5.91 Å². The normalized spacial score (nSPS) is 10.8. The van der Waals surface area contributed by atoms with Crippen LogP contribution >= 0.6 is 11.3 Å². The van der Waals surface area contributed by atoms with Crippen LogP contribution in [0.1, 0.15) is 16.4 Å². The van der Waals surface area contributed by atoms with Crippen molar-refractivity contribution >= 4 is 34.0 Å². The van der Waals surface area contributed by atoms with Gasteiger partial charge in [-0.05, 0) is 24.3 Å². The van der Waals surface area contributed by atoms with E-state index in [4.69, 9.17) is 9.15 Å². The van der Waals surface area contributed by atoms with Crippen molar-refractivity contribution in [2.75, 3.05) is 12.4 Å². The molecule has 4 rings (SSSR count). The Hall–Kier alpha value is -3.19. The molecule has 0 aliphatic carbocycles. The Morgan fingerprint density at radius 1 is 1.19 bits per heavy atom. The van der Waals surface area contributed by atoms with Crippen molar-refractivity contribution in [1.82, 2.24) is 9.97 Å². The summed E-state index contributed by atoms with van der Waals surface area (Å²) in [5.74, 6) is 1.03. The summed E-state index contributed by atoms with van der Waals surface area (Å²) in [6.45, 7) is 1.78. The van der Waals surface area contributed by atoms with Crippen molar-refractivity contribution < 1.29 is 13.9 Å². The fraction of sp³-hybridized carbons (Fsp3) is 0.105. The quantitative estimate of drug-likeness (QED) is 0.575. The highest BCUT2D eigenvalue weighted by molar-refractivity contribution is 7.13. The molecule has 0 aliphatic rings. The molecule has 0 saturated heterocycles. The van der Waals surface area contributed by atoms with Crippen LogP contribution in [0.3, 0.4) is 0 Å². The molecule has 7 heteroatoms. The fourth-order valence-corrected chi connectivity index (χ4v) is 3.47. The molecule has 2 aromatic carbocycles. The average molecular weight is 365 g/mol. The van der Waals surface area contributed by atoms with Crippen LogP contribution in [0.15, 0.2) is 52.3 Å². The summed E-state index contributed by atoms with van der Waals surface area (Å²) >= 11 is 1.40. The van der Waals surface area contributed by atoms with E-state index in [-0.39, 0.29) is 5.91 Å². The summed E-state index contributed by atoms with van der Waals surface area (Å²) in [6, 6.07) is 12.9. The van der Waals surface area contributed by atoms with Gasteiger partial charge < -0.3 is 14.5 Å². The molecular weight excluding hydrogens is 350 g/mol. The zero-order valence-electron chi connectivity index (χ0n) is 14.1. The molecule has 1 N–H and O–H groups in total. The van der Waals surface area contributed by atoms with E-state index in [2.05, 4.69) is 15.3 Å². The Morgan fingerprint density at radius 2 is 2.04 bits per heavy atom. The molecule has 0 aliphatic heterocycles. The number of benzene rings is 2. The van der Waals surface area contributed by atoms with E-state index in [9.17, 15) is 4.79 Å². The number of hydrogen-bond acceptors (Lipinski definition) is 6. The van der Waals surface area contributed by atoms with Gasteiger partial charge >= 0.3 is 0 Å². The minimum absolute atomic E-state index is 0.280. The molecule has 0 atom stereocenters. The minimum Gasteiger partial charge on any atom is -0.496 e. The molecule has 0 spiro atoms. The number of aryl methyl sites for hydroxylation is 1. The first-order valence-electron chi connectivity index (χ1n) is 7.91. The molecule has 2 heterocycles. The molecule has 0 bridgehead atoms. The summed E-state index contributed by atoms with van der Waals surface area (Å²) < 4.78 is 10.9. The number of carbonyl (C=O) groups excluding carboxylic acids is 1. The molecule has 6 nitrogen and oxygen atoms in total. The topological polar surface area (TPSA) is 77.2 Å². The van der Waals surface area contributed by atoms with E-state index in [1.165, 1.54) is 11.3 Å². The van der Waals surface area contributed by atoms with Crippen molar-refractivity contribution in [3.63, 3.8) is 0 Å². The van der Waals surface area contributed by atoms with Gasteiger partial charge in [0.2, 0.25) is 0 Å². The molecule has 2 aromatic heterocycles. The van der Waals surface area contributed by atoms with Crippen molar-refractivity contribution in [1.29, 1.82) is 0 Å². The fourth-order valence-electron chi connectivity index (χ4n) is 2.64. The van der Waals surface area contributed by atoms with Crippen LogP contribution in [0, 0.1) is 6.92 Å². The molecule has 130 valence electrons. The van der Waals surface area contributed by atoms with Crippen molar-refractivity contribution in [2.24, 2.45) is 0 Å². The smallest absolute Gasteiger partial charge is 0.275 e. The number of carbonyl (C=O) groups is 1. The summed E-state index contributed by atoms with van der Waals surface area (Å²) in [7, 11) is 1.61. The second-order valence-electron chi connectivity index (χ2n) is 5.61. The summed E-state index contributed by atoms with van der Waals surface area (Å²) in [5.41, 5.74) is 3.23. The lowest BCUT2D eigenvalue weighted by atomic mass is 10.2. The molecule has 0 radical (unpaired) electrons. The van der Waals surface area contributed by atoms with Gasteiger partial charge in [-0.3, -0.25) is 4.79 Å². The maximum absolute atomic E-state index is 12.5. The van der Waals surface area contributed by atoms with Crippen LogP contribution in [0.2, 0.25) is 0 Å².